The van der Waals surface area contributed by atoms with E-state index in [9.17, 15) is 5.11 Å². The number of hydrogen-bond acceptors (Lipinski definition) is 3. The molecule has 0 spiro atoms. The molecule has 12 heavy (non-hydrogen) atoms. The molecule has 1 rings (SSSR count). The summed E-state index contributed by atoms with van der Waals surface area (Å²) >= 11 is 0. The van der Waals surface area contributed by atoms with Crippen LogP contribution in [0.3, 0.4) is 0 Å². The van der Waals surface area contributed by atoms with E-state index in [1.165, 1.54) is 0 Å². The zero-order chi connectivity index (χ0) is 8.97. The van der Waals surface area contributed by atoms with Gasteiger partial charge in [-0.1, -0.05) is 0 Å². The lowest BCUT2D eigenvalue weighted by molar-refractivity contribution is 0.170. The Morgan fingerprint density at radius 3 is 3.00 bits per heavy atom. The van der Waals surface area contributed by atoms with Gasteiger partial charge in [0.2, 0.25) is 0 Å². The zero-order valence-electron chi connectivity index (χ0n) is 7.27. The quantitative estimate of drug-likeness (QED) is 0.680. The summed E-state index contributed by atoms with van der Waals surface area (Å²) in [7, 11) is 0. The summed E-state index contributed by atoms with van der Waals surface area (Å²) in [6, 6.07) is 0. The van der Waals surface area contributed by atoms with E-state index in [1.807, 2.05) is 13.1 Å². The summed E-state index contributed by atoms with van der Waals surface area (Å²) in [6.45, 7) is 3.33. The van der Waals surface area contributed by atoms with Gasteiger partial charge in [0, 0.05) is 18.3 Å². The molecular weight excluding hydrogens is 154 g/mol. The number of aryl methyl sites for hydroxylation is 1. The molecule has 0 saturated heterocycles. The maximum atomic E-state index is 9.50. The van der Waals surface area contributed by atoms with Gasteiger partial charge < -0.3 is 10.8 Å². The lowest BCUT2D eigenvalue weighted by atomic mass is 10.1. The lowest BCUT2D eigenvalue weighted by Gasteiger charge is -2.04. The highest BCUT2D eigenvalue weighted by Gasteiger charge is 2.07. The normalized spacial score (nSPS) is 13.2. The molecule has 0 bridgehead atoms. The van der Waals surface area contributed by atoms with Crippen LogP contribution in [0.2, 0.25) is 0 Å². The molecule has 0 aliphatic heterocycles. The first-order valence-corrected chi connectivity index (χ1v) is 4.18. The third-order valence-corrected chi connectivity index (χ3v) is 1.80. The molecule has 4 heteroatoms. The number of rotatable bonds is 4. The summed E-state index contributed by atoms with van der Waals surface area (Å²) in [4.78, 5) is 0. The topological polar surface area (TPSA) is 64.1 Å². The van der Waals surface area contributed by atoms with Crippen LogP contribution in [0.1, 0.15) is 25.0 Å². The van der Waals surface area contributed by atoms with Gasteiger partial charge in [-0.15, -0.1) is 0 Å². The van der Waals surface area contributed by atoms with Crippen LogP contribution >= 0.6 is 0 Å². The van der Waals surface area contributed by atoms with Crippen LogP contribution in [-0.2, 0) is 6.54 Å². The molecule has 0 aromatic carbocycles. The van der Waals surface area contributed by atoms with Crippen molar-refractivity contribution in [1.29, 1.82) is 0 Å². The molecule has 1 aromatic heterocycles. The average Bonchev–Trinajstić information content (AvgIpc) is 2.52. The van der Waals surface area contributed by atoms with E-state index < -0.39 is 6.10 Å². The predicted molar refractivity (Wildman–Crippen MR) is 46.5 cm³/mol. The molecule has 0 saturated carbocycles. The Labute approximate surface area is 72.0 Å². The third-order valence-electron chi connectivity index (χ3n) is 1.80. The molecule has 3 N–H and O–H groups in total. The first-order chi connectivity index (χ1) is 5.77. The monoisotopic (exact) mass is 169 g/mol. The molecule has 1 atom stereocenters. The number of aliphatic hydroxyl groups is 1. The van der Waals surface area contributed by atoms with Gasteiger partial charge in [0.25, 0.3) is 0 Å². The Balaban J connectivity index is 2.61. The largest absolute Gasteiger partial charge is 0.388 e. The van der Waals surface area contributed by atoms with Gasteiger partial charge in [-0.3, -0.25) is 4.68 Å². The smallest absolute Gasteiger partial charge is 0.0832 e. The summed E-state index contributed by atoms with van der Waals surface area (Å²) in [5, 5.41) is 13.5. The molecule has 1 heterocycles. The van der Waals surface area contributed by atoms with Crippen LogP contribution in [-0.4, -0.2) is 21.4 Å². The molecule has 0 aliphatic carbocycles. The second-order valence-electron chi connectivity index (χ2n) is 2.72. The van der Waals surface area contributed by atoms with E-state index in [-0.39, 0.29) is 0 Å². The van der Waals surface area contributed by atoms with Crippen molar-refractivity contribution in [3.05, 3.63) is 18.0 Å². The van der Waals surface area contributed by atoms with E-state index in [0.29, 0.717) is 13.0 Å². The maximum Gasteiger partial charge on any atom is 0.0832 e. The first-order valence-electron chi connectivity index (χ1n) is 4.18. The molecule has 1 unspecified atom stereocenters. The van der Waals surface area contributed by atoms with E-state index in [0.717, 1.165) is 12.1 Å². The minimum absolute atomic E-state index is 0.463. The fourth-order valence-electron chi connectivity index (χ4n) is 1.05. The van der Waals surface area contributed by atoms with Gasteiger partial charge in [-0.2, -0.15) is 5.10 Å². The number of aromatic nitrogens is 2. The van der Waals surface area contributed by atoms with Crippen molar-refractivity contribution in [3.8, 4) is 0 Å². The fourth-order valence-corrected chi connectivity index (χ4v) is 1.05. The molecular formula is C8H15N3O. The summed E-state index contributed by atoms with van der Waals surface area (Å²) in [6.07, 6.45) is 3.66. The number of nitrogens with two attached hydrogens (primary N) is 1. The van der Waals surface area contributed by atoms with Gasteiger partial charge in [0.15, 0.2) is 0 Å². The highest BCUT2D eigenvalue weighted by Crippen LogP contribution is 2.14. The van der Waals surface area contributed by atoms with Gasteiger partial charge >= 0.3 is 0 Å². The van der Waals surface area contributed by atoms with Crippen molar-refractivity contribution in [1.82, 2.24) is 9.78 Å². The van der Waals surface area contributed by atoms with Gasteiger partial charge in [-0.25, -0.2) is 0 Å². The van der Waals surface area contributed by atoms with Crippen LogP contribution in [0.15, 0.2) is 12.4 Å². The van der Waals surface area contributed by atoms with Crippen molar-refractivity contribution in [2.75, 3.05) is 6.54 Å². The van der Waals surface area contributed by atoms with Crippen molar-refractivity contribution >= 4 is 0 Å². The van der Waals surface area contributed by atoms with Crippen LogP contribution < -0.4 is 5.73 Å². The second kappa shape index (κ2) is 4.23. The third kappa shape index (κ3) is 2.06. The molecule has 4 nitrogen and oxygen atoms in total. The van der Waals surface area contributed by atoms with Crippen LogP contribution in [0.25, 0.3) is 0 Å². The van der Waals surface area contributed by atoms with Crippen molar-refractivity contribution in [2.45, 2.75) is 26.0 Å². The van der Waals surface area contributed by atoms with Gasteiger partial charge in [-0.05, 0) is 19.9 Å². The van der Waals surface area contributed by atoms with Crippen LogP contribution in [0.4, 0.5) is 0 Å². The molecule has 0 fully saturated rings. The van der Waals surface area contributed by atoms with Crippen LogP contribution in [0.5, 0.6) is 0 Å². The Morgan fingerprint density at radius 1 is 1.75 bits per heavy atom. The predicted octanol–water partition coefficient (Wildman–Crippen LogP) is 0.285. The van der Waals surface area contributed by atoms with Gasteiger partial charge in [0.05, 0.1) is 12.3 Å². The van der Waals surface area contributed by atoms with Gasteiger partial charge in [0.1, 0.15) is 0 Å². The highest BCUT2D eigenvalue weighted by atomic mass is 16.3. The Hall–Kier alpha value is -0.870. The molecule has 0 aliphatic rings. The number of aliphatic hydroxyl groups excluding tert-OH is 1. The SMILES string of the molecule is CCn1cc(C(O)CCN)cn1. The molecule has 68 valence electrons. The minimum Gasteiger partial charge on any atom is -0.388 e. The van der Waals surface area contributed by atoms with Crippen molar-refractivity contribution < 1.29 is 5.11 Å². The summed E-state index contributed by atoms with van der Waals surface area (Å²) in [5.74, 6) is 0. The fraction of sp³-hybridized carbons (Fsp3) is 0.625. The molecule has 0 radical (unpaired) electrons. The van der Waals surface area contributed by atoms with E-state index in [4.69, 9.17) is 5.73 Å². The van der Waals surface area contributed by atoms with E-state index >= 15 is 0 Å². The average molecular weight is 169 g/mol. The number of hydrogen-bond donors (Lipinski definition) is 2. The zero-order valence-corrected chi connectivity index (χ0v) is 7.27. The Morgan fingerprint density at radius 2 is 2.50 bits per heavy atom. The molecule has 1 aromatic rings. The van der Waals surface area contributed by atoms with Crippen molar-refractivity contribution in [3.63, 3.8) is 0 Å². The Kier molecular flexibility index (Phi) is 3.25. The standard InChI is InChI=1S/C8H15N3O/c1-2-11-6-7(5-10-11)8(12)3-4-9/h5-6,8,12H,2-4,9H2,1H3. The maximum absolute atomic E-state index is 9.50. The lowest BCUT2D eigenvalue weighted by Crippen LogP contribution is -2.06. The minimum atomic E-state index is -0.463. The van der Waals surface area contributed by atoms with Crippen LogP contribution in [0, 0.1) is 0 Å². The van der Waals surface area contributed by atoms with Crippen molar-refractivity contribution in [2.24, 2.45) is 5.73 Å². The summed E-state index contributed by atoms with van der Waals surface area (Å²) in [5.41, 5.74) is 6.17. The number of nitrogens with zero attached hydrogens (tertiary/aromatic N) is 2. The highest BCUT2D eigenvalue weighted by molar-refractivity contribution is 5.07. The van der Waals surface area contributed by atoms with E-state index in [1.54, 1.807) is 10.9 Å². The summed E-state index contributed by atoms with van der Waals surface area (Å²) < 4.78 is 1.79. The molecule has 0 amide bonds. The first kappa shape index (κ1) is 9.22. The van der Waals surface area contributed by atoms with E-state index in [2.05, 4.69) is 5.10 Å². The second-order valence-corrected chi connectivity index (χ2v) is 2.72. The Bertz CT molecular complexity index is 234.